The van der Waals surface area contributed by atoms with Crippen molar-refractivity contribution in [3.8, 4) is 0 Å². The van der Waals surface area contributed by atoms with Crippen molar-refractivity contribution in [1.82, 2.24) is 9.97 Å². The Hall–Kier alpha value is -1.76. The molecule has 8 heteroatoms. The number of nitrogens with zero attached hydrogens (tertiary/aromatic N) is 1. The molecule has 0 atom stereocenters. The van der Waals surface area contributed by atoms with Gasteiger partial charge in [-0.3, -0.25) is 10.1 Å². The van der Waals surface area contributed by atoms with Crippen LogP contribution in [-0.2, 0) is 0 Å². The summed E-state index contributed by atoms with van der Waals surface area (Å²) in [6.07, 6.45) is 0. The molecule has 1 amide bonds. The maximum absolute atomic E-state index is 12.2. The number of H-pyrrole nitrogens is 1. The van der Waals surface area contributed by atoms with Crippen LogP contribution in [0.25, 0.3) is 10.2 Å². The number of nitrogen functional groups attached to an aromatic ring is 1. The summed E-state index contributed by atoms with van der Waals surface area (Å²) in [5, 5.41) is 3.73. The van der Waals surface area contributed by atoms with Gasteiger partial charge < -0.3 is 10.7 Å². The van der Waals surface area contributed by atoms with Crippen LogP contribution in [-0.4, -0.2) is 15.9 Å². The maximum Gasteiger partial charge on any atom is 0.275 e. The number of rotatable bonds is 2. The van der Waals surface area contributed by atoms with Crippen molar-refractivity contribution >= 4 is 61.5 Å². The normalized spacial score (nSPS) is 11.0. The van der Waals surface area contributed by atoms with Crippen LogP contribution in [0.2, 0.25) is 10.0 Å². The molecule has 0 aliphatic rings. The number of nitrogens with one attached hydrogen (secondary N) is 2. The Kier molecular flexibility index (Phi) is 3.52. The molecule has 3 rings (SSSR count). The predicted octanol–water partition coefficient (Wildman–Crippen LogP) is 4.07. The molecule has 1 aromatic carbocycles. The van der Waals surface area contributed by atoms with Gasteiger partial charge in [-0.1, -0.05) is 34.5 Å². The first-order valence-corrected chi connectivity index (χ1v) is 7.54. The maximum atomic E-state index is 12.2. The van der Waals surface area contributed by atoms with Crippen LogP contribution in [0.3, 0.4) is 0 Å². The lowest BCUT2D eigenvalue weighted by Gasteiger charge is -1.99. The van der Waals surface area contributed by atoms with E-state index in [1.165, 1.54) is 11.3 Å². The SMILES string of the molecule is Cc1[nH]c(C(=O)Nc2nc3ccc(N)cc3s2)c(Cl)c1Cl. The minimum Gasteiger partial charge on any atom is -0.399 e. The summed E-state index contributed by atoms with van der Waals surface area (Å²) < 4.78 is 0.900. The monoisotopic (exact) mass is 340 g/mol. The van der Waals surface area contributed by atoms with Crippen molar-refractivity contribution in [2.45, 2.75) is 6.92 Å². The average Bonchev–Trinajstić information content (AvgIpc) is 2.94. The molecule has 0 spiro atoms. The van der Waals surface area contributed by atoms with Crippen molar-refractivity contribution in [3.05, 3.63) is 39.6 Å². The van der Waals surface area contributed by atoms with E-state index < -0.39 is 0 Å². The lowest BCUT2D eigenvalue weighted by molar-refractivity contribution is 0.102. The summed E-state index contributed by atoms with van der Waals surface area (Å²) in [7, 11) is 0. The molecule has 108 valence electrons. The average molecular weight is 341 g/mol. The zero-order valence-electron chi connectivity index (χ0n) is 10.8. The molecular formula is C13H10Cl2N4OS. The molecular weight excluding hydrogens is 331 g/mol. The fraction of sp³-hybridized carbons (Fsp3) is 0.0769. The molecule has 0 bridgehead atoms. The Balaban J connectivity index is 1.90. The summed E-state index contributed by atoms with van der Waals surface area (Å²) >= 11 is 13.3. The van der Waals surface area contributed by atoms with Crippen molar-refractivity contribution in [1.29, 1.82) is 0 Å². The summed E-state index contributed by atoms with van der Waals surface area (Å²) in [5.41, 5.74) is 8.01. The largest absolute Gasteiger partial charge is 0.399 e. The van der Waals surface area contributed by atoms with E-state index in [1.54, 1.807) is 19.1 Å². The highest BCUT2D eigenvalue weighted by molar-refractivity contribution is 7.22. The Bertz CT molecular complexity index is 855. The molecule has 0 saturated carbocycles. The van der Waals surface area contributed by atoms with Gasteiger partial charge >= 0.3 is 0 Å². The van der Waals surface area contributed by atoms with Gasteiger partial charge in [0.05, 0.1) is 20.3 Å². The molecule has 3 aromatic rings. The Morgan fingerprint density at radius 3 is 2.81 bits per heavy atom. The minimum absolute atomic E-state index is 0.206. The summed E-state index contributed by atoms with van der Waals surface area (Å²) in [6, 6.07) is 5.38. The van der Waals surface area contributed by atoms with E-state index in [2.05, 4.69) is 15.3 Å². The van der Waals surface area contributed by atoms with Gasteiger partial charge in [0.1, 0.15) is 5.69 Å². The van der Waals surface area contributed by atoms with E-state index in [9.17, 15) is 4.79 Å². The van der Waals surface area contributed by atoms with Crippen LogP contribution < -0.4 is 11.1 Å². The van der Waals surface area contributed by atoms with Crippen LogP contribution in [0.15, 0.2) is 18.2 Å². The van der Waals surface area contributed by atoms with E-state index in [0.717, 1.165) is 10.2 Å². The third kappa shape index (κ3) is 2.57. The Morgan fingerprint density at radius 2 is 2.14 bits per heavy atom. The van der Waals surface area contributed by atoms with Crippen molar-refractivity contribution < 1.29 is 4.79 Å². The first-order chi connectivity index (χ1) is 9.95. The number of hydrogen-bond donors (Lipinski definition) is 3. The topological polar surface area (TPSA) is 83.8 Å². The number of fused-ring (bicyclic) bond motifs is 1. The molecule has 0 aliphatic carbocycles. The number of amides is 1. The van der Waals surface area contributed by atoms with Gasteiger partial charge in [-0.15, -0.1) is 0 Å². The number of benzene rings is 1. The molecule has 0 radical (unpaired) electrons. The van der Waals surface area contributed by atoms with Crippen LogP contribution in [0.4, 0.5) is 10.8 Å². The first-order valence-electron chi connectivity index (χ1n) is 5.96. The third-order valence-corrected chi connectivity index (χ3v) is 4.79. The standard InChI is InChI=1S/C13H10Cl2N4OS/c1-5-9(14)10(15)11(17-5)12(20)19-13-18-7-3-2-6(16)4-8(7)21-13/h2-4,17H,16H2,1H3,(H,18,19,20). The highest BCUT2D eigenvalue weighted by Gasteiger charge is 2.19. The van der Waals surface area contributed by atoms with Crippen molar-refractivity contribution in [3.63, 3.8) is 0 Å². The second kappa shape index (κ2) is 5.22. The summed E-state index contributed by atoms with van der Waals surface area (Å²) in [6.45, 7) is 1.74. The molecule has 5 nitrogen and oxygen atoms in total. The smallest absolute Gasteiger partial charge is 0.275 e. The molecule has 0 aliphatic heterocycles. The van der Waals surface area contributed by atoms with Gasteiger partial charge in [0.2, 0.25) is 0 Å². The number of aromatic amines is 1. The number of halogens is 2. The van der Waals surface area contributed by atoms with Crippen LogP contribution >= 0.6 is 34.5 Å². The van der Waals surface area contributed by atoms with Gasteiger partial charge in [0, 0.05) is 11.4 Å². The molecule has 4 N–H and O–H groups in total. The highest BCUT2D eigenvalue weighted by Crippen LogP contribution is 2.31. The van der Waals surface area contributed by atoms with Gasteiger partial charge in [-0.2, -0.15) is 0 Å². The summed E-state index contributed by atoms with van der Waals surface area (Å²) in [5.74, 6) is -0.387. The quantitative estimate of drug-likeness (QED) is 0.614. The lowest BCUT2D eigenvalue weighted by Crippen LogP contribution is -2.12. The Labute approximate surface area is 134 Å². The van der Waals surface area contributed by atoms with Gasteiger partial charge in [0.25, 0.3) is 5.91 Å². The van der Waals surface area contributed by atoms with Crippen molar-refractivity contribution in [2.24, 2.45) is 0 Å². The number of aromatic nitrogens is 2. The van der Waals surface area contributed by atoms with Crippen molar-refractivity contribution in [2.75, 3.05) is 11.1 Å². The zero-order valence-corrected chi connectivity index (χ0v) is 13.2. The van der Waals surface area contributed by atoms with Crippen LogP contribution in [0.1, 0.15) is 16.2 Å². The summed E-state index contributed by atoms with van der Waals surface area (Å²) in [4.78, 5) is 19.4. The molecule has 2 aromatic heterocycles. The third-order valence-electron chi connectivity index (χ3n) is 2.91. The molecule has 21 heavy (non-hydrogen) atoms. The Morgan fingerprint density at radius 1 is 1.38 bits per heavy atom. The predicted molar refractivity (Wildman–Crippen MR) is 87.5 cm³/mol. The van der Waals surface area contributed by atoms with E-state index >= 15 is 0 Å². The number of anilines is 2. The van der Waals surface area contributed by atoms with E-state index in [1.807, 2.05) is 6.07 Å². The second-order valence-corrected chi connectivity index (χ2v) is 6.24. The molecule has 0 fully saturated rings. The fourth-order valence-corrected chi connectivity index (χ4v) is 3.21. The van der Waals surface area contributed by atoms with Gasteiger partial charge in [-0.25, -0.2) is 4.98 Å². The van der Waals surface area contributed by atoms with E-state index in [0.29, 0.717) is 21.5 Å². The highest BCUT2D eigenvalue weighted by atomic mass is 35.5. The van der Waals surface area contributed by atoms with Gasteiger partial charge in [-0.05, 0) is 25.1 Å². The fourth-order valence-electron chi connectivity index (χ4n) is 1.88. The van der Waals surface area contributed by atoms with Gasteiger partial charge in [0.15, 0.2) is 5.13 Å². The second-order valence-electron chi connectivity index (χ2n) is 4.45. The van der Waals surface area contributed by atoms with E-state index in [4.69, 9.17) is 28.9 Å². The molecule has 2 heterocycles. The molecule has 0 saturated heterocycles. The first kappa shape index (κ1) is 14.2. The molecule has 0 unspecified atom stereocenters. The van der Waals surface area contributed by atoms with E-state index in [-0.39, 0.29) is 16.6 Å². The number of hydrogen-bond acceptors (Lipinski definition) is 4. The number of thiazole rings is 1. The lowest BCUT2D eigenvalue weighted by atomic mass is 10.3. The number of aryl methyl sites for hydroxylation is 1. The number of carbonyl (C=O) groups is 1. The van der Waals surface area contributed by atoms with Crippen LogP contribution in [0, 0.1) is 6.92 Å². The zero-order chi connectivity index (χ0) is 15.1. The minimum atomic E-state index is -0.387. The number of carbonyl (C=O) groups excluding carboxylic acids is 1. The number of nitrogens with two attached hydrogens (primary N) is 1. The van der Waals surface area contributed by atoms with Crippen LogP contribution in [0.5, 0.6) is 0 Å².